The molecule has 19 heavy (non-hydrogen) atoms. The Morgan fingerprint density at radius 3 is 2.32 bits per heavy atom. The Hall–Kier alpha value is -1.39. The van der Waals surface area contributed by atoms with Gasteiger partial charge in [-0.3, -0.25) is 0 Å². The van der Waals surface area contributed by atoms with Crippen LogP contribution >= 0.6 is 0 Å². The van der Waals surface area contributed by atoms with Crippen LogP contribution in [0.3, 0.4) is 0 Å². The van der Waals surface area contributed by atoms with E-state index in [2.05, 4.69) is 13.2 Å². The van der Waals surface area contributed by atoms with Crippen molar-refractivity contribution in [2.45, 2.75) is 24.7 Å². The van der Waals surface area contributed by atoms with Crippen molar-refractivity contribution >= 4 is 10.0 Å². The fourth-order valence-corrected chi connectivity index (χ4v) is 3.17. The van der Waals surface area contributed by atoms with Crippen molar-refractivity contribution in [3.8, 4) is 0 Å². The van der Waals surface area contributed by atoms with Gasteiger partial charge in [-0.2, -0.15) is 4.31 Å². The van der Waals surface area contributed by atoms with Crippen LogP contribution in [-0.4, -0.2) is 25.8 Å². The Labute approximate surface area is 116 Å². The van der Waals surface area contributed by atoms with E-state index >= 15 is 0 Å². The first-order valence-electron chi connectivity index (χ1n) is 6.31. The van der Waals surface area contributed by atoms with E-state index in [9.17, 15) is 8.42 Å². The Bertz CT molecular complexity index is 518. The molecule has 1 rings (SSSR count). The van der Waals surface area contributed by atoms with Gasteiger partial charge in [-0.05, 0) is 31.9 Å². The van der Waals surface area contributed by atoms with Crippen molar-refractivity contribution in [3.63, 3.8) is 0 Å². The second-order valence-corrected chi connectivity index (χ2v) is 6.33. The molecule has 104 valence electrons. The van der Waals surface area contributed by atoms with Gasteiger partial charge in [0, 0.05) is 13.1 Å². The van der Waals surface area contributed by atoms with Gasteiger partial charge in [-0.1, -0.05) is 29.8 Å². The molecule has 0 aromatic heterocycles. The van der Waals surface area contributed by atoms with Gasteiger partial charge >= 0.3 is 0 Å². The molecule has 0 fully saturated rings. The maximum Gasteiger partial charge on any atom is 0.243 e. The molecule has 0 aliphatic carbocycles. The van der Waals surface area contributed by atoms with Crippen LogP contribution in [0, 0.1) is 6.92 Å². The van der Waals surface area contributed by atoms with Crippen LogP contribution in [-0.2, 0) is 10.0 Å². The number of nitrogens with zero attached hydrogens (tertiary/aromatic N) is 1. The Morgan fingerprint density at radius 2 is 1.79 bits per heavy atom. The van der Waals surface area contributed by atoms with Gasteiger partial charge in [0.1, 0.15) is 0 Å². The predicted octanol–water partition coefficient (Wildman–Crippen LogP) is 3.14. The quantitative estimate of drug-likeness (QED) is 0.541. The summed E-state index contributed by atoms with van der Waals surface area (Å²) in [5.74, 6) is 0. The number of benzene rings is 1. The van der Waals surface area contributed by atoms with E-state index in [0.717, 1.165) is 18.4 Å². The van der Waals surface area contributed by atoms with Gasteiger partial charge in [0.25, 0.3) is 0 Å². The standard InChI is InChI=1S/C15H21NO2S/c1-4-6-7-13-16(12-5-2)19(17,18)15-10-8-14(3)9-11-15/h4-5,8-11H,1-2,6-7,12-13H2,3H3. The maximum atomic E-state index is 12.5. The van der Waals surface area contributed by atoms with Crippen LogP contribution < -0.4 is 0 Å². The molecule has 0 bridgehead atoms. The van der Waals surface area contributed by atoms with Crippen LogP contribution in [0.2, 0.25) is 0 Å². The Morgan fingerprint density at radius 1 is 1.16 bits per heavy atom. The van der Waals surface area contributed by atoms with Crippen molar-refractivity contribution in [2.75, 3.05) is 13.1 Å². The largest absolute Gasteiger partial charge is 0.243 e. The number of aryl methyl sites for hydroxylation is 1. The highest BCUT2D eigenvalue weighted by atomic mass is 32.2. The summed E-state index contributed by atoms with van der Waals surface area (Å²) in [5.41, 5.74) is 1.04. The smallest absolute Gasteiger partial charge is 0.207 e. The lowest BCUT2D eigenvalue weighted by Crippen LogP contribution is -2.32. The highest BCUT2D eigenvalue weighted by Gasteiger charge is 2.22. The lowest BCUT2D eigenvalue weighted by molar-refractivity contribution is 0.436. The summed E-state index contributed by atoms with van der Waals surface area (Å²) in [4.78, 5) is 0.332. The third kappa shape index (κ3) is 4.33. The van der Waals surface area contributed by atoms with Crippen LogP contribution in [0.1, 0.15) is 18.4 Å². The molecule has 1 aromatic rings. The summed E-state index contributed by atoms with van der Waals surface area (Å²) in [6, 6.07) is 6.91. The van der Waals surface area contributed by atoms with Crippen molar-refractivity contribution in [1.82, 2.24) is 4.31 Å². The van der Waals surface area contributed by atoms with Gasteiger partial charge in [0.05, 0.1) is 4.90 Å². The average Bonchev–Trinajstić information content (AvgIpc) is 2.38. The first kappa shape index (κ1) is 15.7. The minimum Gasteiger partial charge on any atom is -0.207 e. The van der Waals surface area contributed by atoms with Gasteiger partial charge in [0.2, 0.25) is 10.0 Å². The van der Waals surface area contributed by atoms with E-state index in [0.29, 0.717) is 18.0 Å². The molecule has 0 atom stereocenters. The molecule has 0 unspecified atom stereocenters. The Kier molecular flexibility index (Phi) is 5.99. The second-order valence-electron chi connectivity index (χ2n) is 4.40. The molecule has 0 saturated heterocycles. The third-order valence-electron chi connectivity index (χ3n) is 2.81. The van der Waals surface area contributed by atoms with E-state index < -0.39 is 10.0 Å². The van der Waals surface area contributed by atoms with E-state index in [4.69, 9.17) is 0 Å². The number of sulfonamides is 1. The molecule has 3 nitrogen and oxygen atoms in total. The molecule has 0 spiro atoms. The summed E-state index contributed by atoms with van der Waals surface area (Å²) in [7, 11) is -3.43. The Balaban J connectivity index is 2.94. The number of unbranched alkanes of at least 4 members (excludes halogenated alkanes) is 1. The SMILES string of the molecule is C=CCCCN(CC=C)S(=O)(=O)c1ccc(C)cc1. The molecule has 0 saturated carbocycles. The fourth-order valence-electron chi connectivity index (χ4n) is 1.72. The molecule has 0 aliphatic rings. The maximum absolute atomic E-state index is 12.5. The normalized spacial score (nSPS) is 11.5. The zero-order chi connectivity index (χ0) is 14.3. The first-order chi connectivity index (χ1) is 9.02. The van der Waals surface area contributed by atoms with E-state index in [-0.39, 0.29) is 0 Å². The molecule has 0 radical (unpaired) electrons. The highest BCUT2D eigenvalue weighted by Crippen LogP contribution is 2.17. The van der Waals surface area contributed by atoms with E-state index in [1.54, 1.807) is 24.3 Å². The minimum absolute atomic E-state index is 0.327. The van der Waals surface area contributed by atoms with E-state index in [1.165, 1.54) is 4.31 Å². The number of hydrogen-bond acceptors (Lipinski definition) is 2. The number of hydrogen-bond donors (Lipinski definition) is 0. The molecular weight excluding hydrogens is 258 g/mol. The molecule has 0 heterocycles. The summed E-state index contributed by atoms with van der Waals surface area (Å²) >= 11 is 0. The average molecular weight is 279 g/mol. The molecule has 1 aromatic carbocycles. The zero-order valence-corrected chi connectivity index (χ0v) is 12.2. The first-order valence-corrected chi connectivity index (χ1v) is 7.75. The summed E-state index contributed by atoms with van der Waals surface area (Å²) in [5, 5.41) is 0. The van der Waals surface area contributed by atoms with E-state index in [1.807, 2.05) is 19.1 Å². The van der Waals surface area contributed by atoms with Crippen molar-refractivity contribution < 1.29 is 8.42 Å². The van der Waals surface area contributed by atoms with Gasteiger partial charge in [-0.15, -0.1) is 13.2 Å². The summed E-state index contributed by atoms with van der Waals surface area (Å²) < 4.78 is 26.4. The molecule has 0 amide bonds. The zero-order valence-electron chi connectivity index (χ0n) is 11.4. The van der Waals surface area contributed by atoms with Gasteiger partial charge in [-0.25, -0.2) is 8.42 Å². The van der Waals surface area contributed by atoms with Crippen molar-refractivity contribution in [1.29, 1.82) is 0 Å². The predicted molar refractivity (Wildman–Crippen MR) is 79.6 cm³/mol. The molecule has 4 heteroatoms. The van der Waals surface area contributed by atoms with Crippen LogP contribution in [0.4, 0.5) is 0 Å². The summed E-state index contributed by atoms with van der Waals surface area (Å²) in [6.07, 6.45) is 4.98. The fraction of sp³-hybridized carbons (Fsp3) is 0.333. The van der Waals surface area contributed by atoms with Crippen molar-refractivity contribution in [3.05, 3.63) is 55.1 Å². The van der Waals surface area contributed by atoms with Crippen molar-refractivity contribution in [2.24, 2.45) is 0 Å². The lowest BCUT2D eigenvalue weighted by atomic mass is 10.2. The monoisotopic (exact) mass is 279 g/mol. The topological polar surface area (TPSA) is 37.4 Å². The van der Waals surface area contributed by atoms with Gasteiger partial charge < -0.3 is 0 Å². The molecular formula is C15H21NO2S. The van der Waals surface area contributed by atoms with Gasteiger partial charge in [0.15, 0.2) is 0 Å². The molecule has 0 N–H and O–H groups in total. The summed E-state index contributed by atoms with van der Waals surface area (Å²) in [6.45, 7) is 10.0. The number of rotatable bonds is 8. The lowest BCUT2D eigenvalue weighted by Gasteiger charge is -2.20. The number of allylic oxidation sites excluding steroid dienone is 1. The highest BCUT2D eigenvalue weighted by molar-refractivity contribution is 7.89. The molecule has 0 aliphatic heterocycles. The minimum atomic E-state index is -3.43. The van der Waals surface area contributed by atoms with Crippen LogP contribution in [0.15, 0.2) is 54.5 Å². The third-order valence-corrected chi connectivity index (χ3v) is 4.69. The second kappa shape index (κ2) is 7.26. The van der Waals surface area contributed by atoms with Crippen LogP contribution in [0.5, 0.6) is 0 Å². The van der Waals surface area contributed by atoms with Crippen LogP contribution in [0.25, 0.3) is 0 Å².